The summed E-state index contributed by atoms with van der Waals surface area (Å²) in [5, 5.41) is 12.1. The fourth-order valence-corrected chi connectivity index (χ4v) is 3.12. The highest BCUT2D eigenvalue weighted by Crippen LogP contribution is 2.20. The Balaban J connectivity index is 1.89. The molecule has 1 aromatic heterocycles. The molecule has 1 atom stereocenters. The number of thiophene rings is 1. The molecule has 1 N–H and O–H groups in total. The molecule has 2 rings (SSSR count). The van der Waals surface area contributed by atoms with Crippen LogP contribution in [0.5, 0.6) is 0 Å². The van der Waals surface area contributed by atoms with Gasteiger partial charge in [-0.2, -0.15) is 0 Å². The van der Waals surface area contributed by atoms with E-state index in [1.54, 1.807) is 12.1 Å². The molecule has 0 aliphatic carbocycles. The zero-order valence-corrected chi connectivity index (χ0v) is 14.2. The first-order chi connectivity index (χ1) is 11.0. The molecule has 0 fully saturated rings. The van der Waals surface area contributed by atoms with Crippen molar-refractivity contribution in [1.82, 2.24) is 4.90 Å². The molecule has 0 aliphatic heterocycles. The van der Waals surface area contributed by atoms with Crippen molar-refractivity contribution >= 4 is 17.2 Å². The smallest absolute Gasteiger partial charge is 0.264 e. The molecule has 0 bridgehead atoms. The van der Waals surface area contributed by atoms with E-state index in [-0.39, 0.29) is 17.8 Å². The predicted molar refractivity (Wildman–Crippen MR) is 91.1 cm³/mol. The molecule has 1 amide bonds. The van der Waals surface area contributed by atoms with Gasteiger partial charge in [0, 0.05) is 12.6 Å². The molecular weight excluding hydrogens is 313 g/mol. The van der Waals surface area contributed by atoms with Crippen LogP contribution in [0.2, 0.25) is 0 Å². The maximum atomic E-state index is 12.9. The second kappa shape index (κ2) is 8.22. The van der Waals surface area contributed by atoms with E-state index in [1.807, 2.05) is 36.3 Å². The molecule has 23 heavy (non-hydrogen) atoms. The monoisotopic (exact) mass is 335 g/mol. The molecule has 1 aromatic carbocycles. The third-order valence-electron chi connectivity index (χ3n) is 3.75. The lowest BCUT2D eigenvalue weighted by molar-refractivity contribution is 0.0693. The first-order valence-electron chi connectivity index (χ1n) is 7.77. The Labute approximate surface area is 140 Å². The van der Waals surface area contributed by atoms with Gasteiger partial charge in [0.25, 0.3) is 5.91 Å². The van der Waals surface area contributed by atoms with E-state index >= 15 is 0 Å². The van der Waals surface area contributed by atoms with Crippen molar-refractivity contribution < 1.29 is 14.3 Å². The molecule has 0 spiro atoms. The topological polar surface area (TPSA) is 40.5 Å². The molecule has 3 nitrogen and oxygen atoms in total. The Morgan fingerprint density at radius 3 is 2.52 bits per heavy atom. The van der Waals surface area contributed by atoms with Gasteiger partial charge in [-0.15, -0.1) is 11.3 Å². The van der Waals surface area contributed by atoms with Gasteiger partial charge in [0.1, 0.15) is 5.82 Å². The second-order valence-corrected chi connectivity index (χ2v) is 6.73. The molecular formula is C18H22FNO2S. The number of hydrogen-bond donors (Lipinski definition) is 1. The van der Waals surface area contributed by atoms with Crippen LogP contribution in [-0.4, -0.2) is 28.5 Å². The number of aliphatic hydroxyl groups is 1. The molecule has 1 unspecified atom stereocenters. The van der Waals surface area contributed by atoms with Crippen molar-refractivity contribution in [2.45, 2.75) is 38.8 Å². The predicted octanol–water partition coefficient (Wildman–Crippen LogP) is 4.25. The van der Waals surface area contributed by atoms with Crippen molar-refractivity contribution in [3.8, 4) is 0 Å². The van der Waals surface area contributed by atoms with Crippen molar-refractivity contribution in [3.63, 3.8) is 0 Å². The van der Waals surface area contributed by atoms with Crippen LogP contribution in [0.25, 0.3) is 0 Å². The number of benzene rings is 1. The lowest BCUT2D eigenvalue weighted by atomic mass is 10.0. The molecule has 0 aliphatic rings. The summed E-state index contributed by atoms with van der Waals surface area (Å²) in [5.41, 5.74) is 0.701. The van der Waals surface area contributed by atoms with E-state index in [4.69, 9.17) is 0 Å². The number of hydrogen-bond acceptors (Lipinski definition) is 3. The second-order valence-electron chi connectivity index (χ2n) is 5.78. The van der Waals surface area contributed by atoms with Crippen LogP contribution < -0.4 is 0 Å². The normalized spacial score (nSPS) is 12.4. The van der Waals surface area contributed by atoms with Gasteiger partial charge < -0.3 is 10.0 Å². The minimum Gasteiger partial charge on any atom is -0.388 e. The van der Waals surface area contributed by atoms with Gasteiger partial charge in [0.05, 0.1) is 11.0 Å². The van der Waals surface area contributed by atoms with Crippen LogP contribution in [-0.2, 0) is 0 Å². The highest BCUT2D eigenvalue weighted by atomic mass is 32.1. The molecule has 124 valence electrons. The summed E-state index contributed by atoms with van der Waals surface area (Å²) in [6, 6.07) is 9.68. The fourth-order valence-electron chi connectivity index (χ4n) is 2.44. The van der Waals surface area contributed by atoms with E-state index in [9.17, 15) is 14.3 Å². The van der Waals surface area contributed by atoms with Gasteiger partial charge in [0.15, 0.2) is 0 Å². The summed E-state index contributed by atoms with van der Waals surface area (Å²) in [6.45, 7) is 4.57. The molecule has 0 saturated heterocycles. The molecule has 2 aromatic rings. The number of nitrogens with zero attached hydrogens (tertiary/aromatic N) is 1. The third kappa shape index (κ3) is 4.88. The first kappa shape index (κ1) is 17.6. The zero-order valence-electron chi connectivity index (χ0n) is 13.4. The SMILES string of the molecule is CC(C)N(CCCC(O)c1ccc(F)cc1)C(=O)c1cccs1. The van der Waals surface area contributed by atoms with Crippen molar-refractivity contribution in [1.29, 1.82) is 0 Å². The Morgan fingerprint density at radius 1 is 1.26 bits per heavy atom. The standard InChI is InChI=1S/C18H22FNO2S/c1-13(2)20(18(22)17-6-4-12-23-17)11-3-5-16(21)14-7-9-15(19)10-8-14/h4,6-10,12-13,16,21H,3,5,11H2,1-2H3. The number of carbonyl (C=O) groups excluding carboxylic acids is 1. The Kier molecular flexibility index (Phi) is 6.30. The maximum absolute atomic E-state index is 12.9. The van der Waals surface area contributed by atoms with Crippen molar-refractivity contribution in [3.05, 3.63) is 58.0 Å². The van der Waals surface area contributed by atoms with Crippen LogP contribution in [0.15, 0.2) is 41.8 Å². The molecule has 5 heteroatoms. The number of halogens is 1. The van der Waals surface area contributed by atoms with Crippen LogP contribution in [0.1, 0.15) is 48.0 Å². The van der Waals surface area contributed by atoms with Crippen LogP contribution in [0.4, 0.5) is 4.39 Å². The Bertz CT molecular complexity index is 610. The van der Waals surface area contributed by atoms with Gasteiger partial charge in [-0.05, 0) is 55.8 Å². The molecule has 1 heterocycles. The first-order valence-corrected chi connectivity index (χ1v) is 8.65. The van der Waals surface area contributed by atoms with Gasteiger partial charge >= 0.3 is 0 Å². The summed E-state index contributed by atoms with van der Waals surface area (Å²) >= 11 is 1.44. The minimum absolute atomic E-state index is 0.0336. The number of aliphatic hydroxyl groups excluding tert-OH is 1. The average molecular weight is 335 g/mol. The number of amides is 1. The molecule has 0 radical (unpaired) electrons. The minimum atomic E-state index is -0.638. The van der Waals surface area contributed by atoms with Gasteiger partial charge in [0.2, 0.25) is 0 Å². The lowest BCUT2D eigenvalue weighted by Crippen LogP contribution is -2.37. The summed E-state index contributed by atoms with van der Waals surface area (Å²) in [6.07, 6.45) is 0.585. The Hall–Kier alpha value is -1.72. The highest BCUT2D eigenvalue weighted by Gasteiger charge is 2.19. The summed E-state index contributed by atoms with van der Waals surface area (Å²) in [5.74, 6) is -0.278. The zero-order chi connectivity index (χ0) is 16.8. The van der Waals surface area contributed by atoms with E-state index in [0.29, 0.717) is 24.9 Å². The van der Waals surface area contributed by atoms with E-state index in [2.05, 4.69) is 0 Å². The number of rotatable bonds is 7. The van der Waals surface area contributed by atoms with E-state index in [0.717, 1.165) is 4.88 Å². The fraction of sp³-hybridized carbons (Fsp3) is 0.389. The van der Waals surface area contributed by atoms with E-state index < -0.39 is 6.10 Å². The largest absolute Gasteiger partial charge is 0.388 e. The van der Waals surface area contributed by atoms with E-state index in [1.165, 1.54) is 23.5 Å². The number of carbonyl (C=O) groups is 1. The van der Waals surface area contributed by atoms with Crippen LogP contribution in [0, 0.1) is 5.82 Å². The summed E-state index contributed by atoms with van der Waals surface area (Å²) in [7, 11) is 0. The average Bonchev–Trinajstić information content (AvgIpc) is 3.05. The molecule has 0 saturated carbocycles. The maximum Gasteiger partial charge on any atom is 0.264 e. The van der Waals surface area contributed by atoms with Gasteiger partial charge in [-0.25, -0.2) is 4.39 Å². The summed E-state index contributed by atoms with van der Waals surface area (Å²) < 4.78 is 12.9. The Morgan fingerprint density at radius 2 is 1.96 bits per heavy atom. The summed E-state index contributed by atoms with van der Waals surface area (Å²) in [4.78, 5) is 15.0. The third-order valence-corrected chi connectivity index (χ3v) is 4.61. The van der Waals surface area contributed by atoms with Gasteiger partial charge in [-0.3, -0.25) is 4.79 Å². The van der Waals surface area contributed by atoms with Crippen LogP contribution in [0.3, 0.4) is 0 Å². The van der Waals surface area contributed by atoms with Crippen molar-refractivity contribution in [2.75, 3.05) is 6.54 Å². The van der Waals surface area contributed by atoms with Crippen molar-refractivity contribution in [2.24, 2.45) is 0 Å². The quantitative estimate of drug-likeness (QED) is 0.821. The lowest BCUT2D eigenvalue weighted by Gasteiger charge is -2.26. The highest BCUT2D eigenvalue weighted by molar-refractivity contribution is 7.12. The van der Waals surface area contributed by atoms with Crippen LogP contribution >= 0.6 is 11.3 Å². The van der Waals surface area contributed by atoms with Gasteiger partial charge in [-0.1, -0.05) is 18.2 Å².